The van der Waals surface area contributed by atoms with E-state index in [2.05, 4.69) is 15.7 Å². The molecule has 0 fully saturated rings. The molecule has 2 N–H and O–H groups in total. The number of aryl methyl sites for hydroxylation is 1. The van der Waals surface area contributed by atoms with Crippen LogP contribution in [0.1, 0.15) is 37.7 Å². The molecule has 0 aliphatic carbocycles. The number of carbonyl (C=O) groups excluding carboxylic acids is 2. The van der Waals surface area contributed by atoms with Crippen molar-refractivity contribution in [2.45, 2.75) is 33.7 Å². The van der Waals surface area contributed by atoms with Gasteiger partial charge in [-0.15, -0.1) is 0 Å². The van der Waals surface area contributed by atoms with Crippen molar-refractivity contribution in [3.05, 3.63) is 52.4 Å². The highest BCUT2D eigenvalue weighted by Crippen LogP contribution is 2.15. The van der Waals surface area contributed by atoms with E-state index in [0.717, 1.165) is 6.42 Å². The molecule has 1 aromatic heterocycles. The van der Waals surface area contributed by atoms with E-state index in [1.807, 2.05) is 20.8 Å². The normalized spacial score (nSPS) is 10.6. The summed E-state index contributed by atoms with van der Waals surface area (Å²) in [6, 6.07) is 9.54. The molecule has 0 aliphatic rings. The van der Waals surface area contributed by atoms with E-state index in [0.29, 0.717) is 17.9 Å². The van der Waals surface area contributed by atoms with Gasteiger partial charge in [-0.2, -0.15) is 5.10 Å². The molecule has 0 unspecified atom stereocenters. The van der Waals surface area contributed by atoms with Crippen molar-refractivity contribution in [3.8, 4) is 0 Å². The molecule has 0 bridgehead atoms. The fourth-order valence-corrected chi connectivity index (χ4v) is 2.06. The summed E-state index contributed by atoms with van der Waals surface area (Å²) >= 11 is 0. The molecule has 0 spiro atoms. The van der Waals surface area contributed by atoms with Crippen LogP contribution in [0.15, 0.2) is 41.2 Å². The van der Waals surface area contributed by atoms with Crippen molar-refractivity contribution in [3.63, 3.8) is 0 Å². The molecule has 7 nitrogen and oxygen atoms in total. The number of nitrogens with zero attached hydrogens (tertiary/aromatic N) is 2. The minimum absolute atomic E-state index is 0.0702. The topological polar surface area (TPSA) is 93.1 Å². The van der Waals surface area contributed by atoms with E-state index in [1.165, 1.54) is 16.8 Å². The number of hydrogen-bond donors (Lipinski definition) is 2. The highest BCUT2D eigenvalue weighted by Gasteiger charge is 2.11. The molecule has 7 heteroatoms. The second kappa shape index (κ2) is 8.23. The molecule has 2 aromatic rings. The number of anilines is 2. The molecule has 0 saturated heterocycles. The summed E-state index contributed by atoms with van der Waals surface area (Å²) in [4.78, 5) is 35.6. The number of rotatable bonds is 6. The van der Waals surface area contributed by atoms with Crippen LogP contribution in [0.25, 0.3) is 0 Å². The van der Waals surface area contributed by atoms with E-state index in [4.69, 9.17) is 0 Å². The predicted octanol–water partition coefficient (Wildman–Crippen LogP) is 2.50. The van der Waals surface area contributed by atoms with Crippen LogP contribution in [0, 0.1) is 5.92 Å². The van der Waals surface area contributed by atoms with E-state index >= 15 is 0 Å². The second-order valence-corrected chi connectivity index (χ2v) is 5.96. The van der Waals surface area contributed by atoms with Crippen molar-refractivity contribution in [2.75, 3.05) is 10.6 Å². The minimum Gasteiger partial charge on any atom is -0.326 e. The Morgan fingerprint density at radius 2 is 1.64 bits per heavy atom. The van der Waals surface area contributed by atoms with Gasteiger partial charge >= 0.3 is 0 Å². The number of aromatic nitrogens is 2. The van der Waals surface area contributed by atoms with Crippen molar-refractivity contribution >= 4 is 23.2 Å². The van der Waals surface area contributed by atoms with Gasteiger partial charge in [-0.05, 0) is 36.8 Å². The number of benzene rings is 1. The van der Waals surface area contributed by atoms with Crippen LogP contribution >= 0.6 is 0 Å². The summed E-state index contributed by atoms with van der Waals surface area (Å²) in [6.07, 6.45) is 0.752. The Morgan fingerprint density at radius 1 is 1.04 bits per heavy atom. The molecule has 2 amide bonds. The zero-order valence-corrected chi connectivity index (χ0v) is 14.6. The first-order chi connectivity index (χ1) is 11.9. The summed E-state index contributed by atoms with van der Waals surface area (Å²) in [6.45, 7) is 6.02. The number of amides is 2. The third kappa shape index (κ3) is 5.00. The fourth-order valence-electron chi connectivity index (χ4n) is 2.06. The van der Waals surface area contributed by atoms with E-state index in [-0.39, 0.29) is 23.1 Å². The second-order valence-electron chi connectivity index (χ2n) is 5.96. The van der Waals surface area contributed by atoms with Gasteiger partial charge in [0.15, 0.2) is 0 Å². The largest absolute Gasteiger partial charge is 0.326 e. The standard InChI is InChI=1S/C18H22N4O3/c1-4-11-22-16(23)10-9-15(21-22)18(25)20-14-7-5-13(6-8-14)19-17(24)12(2)3/h5-10,12H,4,11H2,1-3H3,(H,19,24)(H,20,25). The third-order valence-corrected chi connectivity index (χ3v) is 3.47. The van der Waals surface area contributed by atoms with Crippen molar-refractivity contribution < 1.29 is 9.59 Å². The number of hydrogen-bond acceptors (Lipinski definition) is 4. The van der Waals surface area contributed by atoms with E-state index in [9.17, 15) is 14.4 Å². The number of carbonyl (C=O) groups is 2. The van der Waals surface area contributed by atoms with Crippen LogP contribution in [0.5, 0.6) is 0 Å². The Hall–Kier alpha value is -2.96. The van der Waals surface area contributed by atoms with Crippen LogP contribution in [-0.2, 0) is 11.3 Å². The van der Waals surface area contributed by atoms with Gasteiger partial charge in [0.05, 0.1) is 0 Å². The smallest absolute Gasteiger partial charge is 0.276 e. The van der Waals surface area contributed by atoms with Gasteiger partial charge in [-0.1, -0.05) is 20.8 Å². The Morgan fingerprint density at radius 3 is 2.20 bits per heavy atom. The lowest BCUT2D eigenvalue weighted by atomic mass is 10.2. The van der Waals surface area contributed by atoms with Gasteiger partial charge in [0, 0.05) is 29.9 Å². The van der Waals surface area contributed by atoms with Gasteiger partial charge < -0.3 is 10.6 Å². The molecule has 1 aromatic carbocycles. The zero-order valence-electron chi connectivity index (χ0n) is 14.6. The summed E-state index contributed by atoms with van der Waals surface area (Å²) in [5.74, 6) is -0.577. The molecule has 2 rings (SSSR count). The monoisotopic (exact) mass is 342 g/mol. The lowest BCUT2D eigenvalue weighted by molar-refractivity contribution is -0.118. The van der Waals surface area contributed by atoms with Crippen molar-refractivity contribution in [2.24, 2.45) is 5.92 Å². The molecule has 0 saturated carbocycles. The van der Waals surface area contributed by atoms with Gasteiger partial charge in [0.1, 0.15) is 5.69 Å². The maximum absolute atomic E-state index is 12.3. The summed E-state index contributed by atoms with van der Waals surface area (Å²) in [7, 11) is 0. The number of nitrogens with one attached hydrogen (secondary N) is 2. The molecule has 1 heterocycles. The SMILES string of the molecule is CCCn1nc(C(=O)Nc2ccc(NC(=O)C(C)C)cc2)ccc1=O. The first kappa shape index (κ1) is 18.4. The average molecular weight is 342 g/mol. The molecule has 0 radical (unpaired) electrons. The molecule has 132 valence electrons. The first-order valence-corrected chi connectivity index (χ1v) is 8.21. The van der Waals surface area contributed by atoms with Crippen LogP contribution in [-0.4, -0.2) is 21.6 Å². The van der Waals surface area contributed by atoms with Gasteiger partial charge in [-0.3, -0.25) is 14.4 Å². The van der Waals surface area contributed by atoms with Crippen LogP contribution in [0.2, 0.25) is 0 Å². The zero-order chi connectivity index (χ0) is 18.4. The van der Waals surface area contributed by atoms with Crippen LogP contribution in [0.4, 0.5) is 11.4 Å². The highest BCUT2D eigenvalue weighted by atomic mass is 16.2. The maximum atomic E-state index is 12.3. The maximum Gasteiger partial charge on any atom is 0.276 e. The lowest BCUT2D eigenvalue weighted by Gasteiger charge is -2.10. The average Bonchev–Trinajstić information content (AvgIpc) is 2.58. The Kier molecular flexibility index (Phi) is 6.05. The van der Waals surface area contributed by atoms with Gasteiger partial charge in [-0.25, -0.2) is 4.68 Å². The van der Waals surface area contributed by atoms with Crippen molar-refractivity contribution in [1.82, 2.24) is 9.78 Å². The molecule has 0 atom stereocenters. The fraction of sp³-hybridized carbons (Fsp3) is 0.333. The van der Waals surface area contributed by atoms with E-state index in [1.54, 1.807) is 24.3 Å². The Bertz CT molecular complexity index is 810. The van der Waals surface area contributed by atoms with Crippen LogP contribution in [0.3, 0.4) is 0 Å². The third-order valence-electron chi connectivity index (χ3n) is 3.47. The quantitative estimate of drug-likeness (QED) is 0.843. The lowest BCUT2D eigenvalue weighted by Crippen LogP contribution is -2.26. The van der Waals surface area contributed by atoms with Gasteiger partial charge in [0.2, 0.25) is 5.91 Å². The predicted molar refractivity (Wildman–Crippen MR) is 96.7 cm³/mol. The summed E-state index contributed by atoms with van der Waals surface area (Å²) in [5, 5.41) is 9.57. The molecular formula is C18H22N4O3. The molecule has 0 aliphatic heterocycles. The first-order valence-electron chi connectivity index (χ1n) is 8.21. The van der Waals surface area contributed by atoms with Crippen molar-refractivity contribution in [1.29, 1.82) is 0 Å². The Labute approximate surface area is 146 Å². The minimum atomic E-state index is -0.399. The Balaban J connectivity index is 2.07. The summed E-state index contributed by atoms with van der Waals surface area (Å²) < 4.78 is 1.28. The van der Waals surface area contributed by atoms with Crippen LogP contribution < -0.4 is 16.2 Å². The molecule has 25 heavy (non-hydrogen) atoms. The van der Waals surface area contributed by atoms with Gasteiger partial charge in [0.25, 0.3) is 11.5 Å². The summed E-state index contributed by atoms with van der Waals surface area (Å²) in [5.41, 5.74) is 1.17. The highest BCUT2D eigenvalue weighted by molar-refractivity contribution is 6.02. The molecular weight excluding hydrogens is 320 g/mol. The van der Waals surface area contributed by atoms with E-state index < -0.39 is 5.91 Å².